The smallest absolute Gasteiger partial charge is 0.251 e. The summed E-state index contributed by atoms with van der Waals surface area (Å²) >= 11 is 0. The second kappa shape index (κ2) is 10.0. The zero-order chi connectivity index (χ0) is 20.7. The number of hydrogen-bond donors (Lipinski definition) is 1. The number of carbonyl (C=O) groups excluding carboxylic acids is 1. The van der Waals surface area contributed by atoms with Gasteiger partial charge in [-0.3, -0.25) is 4.79 Å². The molecule has 0 radical (unpaired) electrons. The van der Waals surface area contributed by atoms with Gasteiger partial charge in [-0.2, -0.15) is 4.31 Å². The van der Waals surface area contributed by atoms with Gasteiger partial charge in [0, 0.05) is 25.2 Å². The Hall–Kier alpha value is -2.18. The SMILES string of the molecule is CCCCCNC(=O)c1cccc(-c2ccc(S(=O)(=O)N3CCCCC3)cc2)c1. The number of nitrogens with one attached hydrogen (secondary N) is 1. The Bertz CT molecular complexity index is 917. The largest absolute Gasteiger partial charge is 0.352 e. The van der Waals surface area contributed by atoms with E-state index in [1.807, 2.05) is 30.3 Å². The first-order valence-corrected chi connectivity index (χ1v) is 12.0. The van der Waals surface area contributed by atoms with Gasteiger partial charge in [-0.05, 0) is 54.7 Å². The molecule has 5 nitrogen and oxygen atoms in total. The van der Waals surface area contributed by atoms with E-state index in [2.05, 4.69) is 12.2 Å². The molecule has 1 N–H and O–H groups in total. The van der Waals surface area contributed by atoms with Crippen molar-refractivity contribution in [1.29, 1.82) is 0 Å². The molecule has 1 aliphatic rings. The van der Waals surface area contributed by atoms with Crippen LogP contribution in [0, 0.1) is 0 Å². The molecule has 0 unspecified atom stereocenters. The first kappa shape index (κ1) is 21.5. The van der Waals surface area contributed by atoms with Gasteiger partial charge >= 0.3 is 0 Å². The molecule has 0 saturated carbocycles. The molecule has 2 aromatic carbocycles. The van der Waals surface area contributed by atoms with Gasteiger partial charge in [0.15, 0.2) is 0 Å². The molecule has 0 bridgehead atoms. The zero-order valence-electron chi connectivity index (χ0n) is 17.1. The quantitative estimate of drug-likeness (QED) is 0.649. The molecule has 1 saturated heterocycles. The van der Waals surface area contributed by atoms with E-state index in [9.17, 15) is 13.2 Å². The number of hydrogen-bond acceptors (Lipinski definition) is 3. The Morgan fingerprint density at radius 3 is 2.38 bits per heavy atom. The van der Waals surface area contributed by atoms with E-state index in [-0.39, 0.29) is 5.91 Å². The lowest BCUT2D eigenvalue weighted by Gasteiger charge is -2.25. The van der Waals surface area contributed by atoms with Crippen LogP contribution in [0.2, 0.25) is 0 Å². The number of amides is 1. The maximum atomic E-state index is 12.8. The fraction of sp³-hybridized carbons (Fsp3) is 0.435. The van der Waals surface area contributed by atoms with Gasteiger partial charge in [0.05, 0.1) is 4.90 Å². The number of carbonyl (C=O) groups is 1. The summed E-state index contributed by atoms with van der Waals surface area (Å²) in [6, 6.07) is 14.4. The first-order chi connectivity index (χ1) is 14.0. The molecular weight excluding hydrogens is 384 g/mol. The fourth-order valence-electron chi connectivity index (χ4n) is 3.59. The van der Waals surface area contributed by atoms with Crippen LogP contribution < -0.4 is 5.32 Å². The lowest BCUT2D eigenvalue weighted by molar-refractivity contribution is 0.0953. The Kier molecular flexibility index (Phi) is 7.45. The van der Waals surface area contributed by atoms with Crippen molar-refractivity contribution in [1.82, 2.24) is 9.62 Å². The average molecular weight is 415 g/mol. The van der Waals surface area contributed by atoms with Crippen LogP contribution in [0.5, 0.6) is 0 Å². The van der Waals surface area contributed by atoms with E-state index in [0.717, 1.165) is 49.7 Å². The van der Waals surface area contributed by atoms with Crippen LogP contribution in [0.25, 0.3) is 11.1 Å². The van der Waals surface area contributed by atoms with Crippen molar-refractivity contribution >= 4 is 15.9 Å². The predicted molar refractivity (Wildman–Crippen MR) is 116 cm³/mol. The van der Waals surface area contributed by atoms with Gasteiger partial charge in [-0.25, -0.2) is 8.42 Å². The minimum atomic E-state index is -3.43. The summed E-state index contributed by atoms with van der Waals surface area (Å²) in [7, 11) is -3.43. The fourth-order valence-corrected chi connectivity index (χ4v) is 5.11. The Balaban J connectivity index is 1.72. The lowest BCUT2D eigenvalue weighted by Crippen LogP contribution is -2.35. The van der Waals surface area contributed by atoms with Gasteiger partial charge in [-0.1, -0.05) is 50.5 Å². The molecule has 0 aliphatic carbocycles. The van der Waals surface area contributed by atoms with E-state index in [1.54, 1.807) is 22.5 Å². The molecule has 3 rings (SSSR count). The highest BCUT2D eigenvalue weighted by molar-refractivity contribution is 7.89. The monoisotopic (exact) mass is 414 g/mol. The minimum absolute atomic E-state index is 0.0766. The molecular formula is C23H30N2O3S. The van der Waals surface area contributed by atoms with Gasteiger partial charge in [0.2, 0.25) is 10.0 Å². The van der Waals surface area contributed by atoms with Gasteiger partial charge in [-0.15, -0.1) is 0 Å². The van der Waals surface area contributed by atoms with E-state index in [1.165, 1.54) is 0 Å². The van der Waals surface area contributed by atoms with Crippen LogP contribution in [0.1, 0.15) is 55.8 Å². The predicted octanol–water partition coefficient (Wildman–Crippen LogP) is 4.45. The Morgan fingerprint density at radius 1 is 0.966 bits per heavy atom. The molecule has 1 amide bonds. The summed E-state index contributed by atoms with van der Waals surface area (Å²) in [6.07, 6.45) is 6.14. The summed E-state index contributed by atoms with van der Waals surface area (Å²) in [5.74, 6) is -0.0766. The van der Waals surface area contributed by atoms with Crippen molar-refractivity contribution in [3.63, 3.8) is 0 Å². The van der Waals surface area contributed by atoms with Crippen LogP contribution >= 0.6 is 0 Å². The second-order valence-corrected chi connectivity index (χ2v) is 9.47. The molecule has 0 aromatic heterocycles. The molecule has 0 atom stereocenters. The van der Waals surface area contributed by atoms with Crippen molar-refractivity contribution in [3.05, 3.63) is 54.1 Å². The van der Waals surface area contributed by atoms with Crippen molar-refractivity contribution in [3.8, 4) is 11.1 Å². The van der Waals surface area contributed by atoms with Crippen molar-refractivity contribution < 1.29 is 13.2 Å². The average Bonchev–Trinajstić information content (AvgIpc) is 2.77. The van der Waals surface area contributed by atoms with Gasteiger partial charge in [0.1, 0.15) is 0 Å². The third-order valence-corrected chi connectivity index (χ3v) is 7.24. The van der Waals surface area contributed by atoms with Crippen molar-refractivity contribution in [2.45, 2.75) is 50.3 Å². The maximum absolute atomic E-state index is 12.8. The number of sulfonamides is 1. The van der Waals surface area contributed by atoms with Crippen molar-refractivity contribution in [2.75, 3.05) is 19.6 Å². The van der Waals surface area contributed by atoms with E-state index >= 15 is 0 Å². The molecule has 0 spiro atoms. The topological polar surface area (TPSA) is 66.5 Å². The highest BCUT2D eigenvalue weighted by atomic mass is 32.2. The van der Waals surface area contributed by atoms with E-state index in [0.29, 0.717) is 30.1 Å². The van der Waals surface area contributed by atoms with Crippen LogP contribution in [-0.2, 0) is 10.0 Å². The number of nitrogens with zero attached hydrogens (tertiary/aromatic N) is 1. The first-order valence-electron chi connectivity index (χ1n) is 10.5. The van der Waals surface area contributed by atoms with Gasteiger partial charge < -0.3 is 5.32 Å². The summed E-state index contributed by atoms with van der Waals surface area (Å²) in [5, 5.41) is 2.95. The molecule has 1 fully saturated rings. The number of unbranched alkanes of at least 4 members (excludes halogenated alkanes) is 2. The molecule has 1 aliphatic heterocycles. The van der Waals surface area contributed by atoms with Gasteiger partial charge in [0.25, 0.3) is 5.91 Å². The highest BCUT2D eigenvalue weighted by Gasteiger charge is 2.25. The normalized spacial score (nSPS) is 15.2. The summed E-state index contributed by atoms with van der Waals surface area (Å²) < 4.78 is 27.2. The minimum Gasteiger partial charge on any atom is -0.352 e. The third-order valence-electron chi connectivity index (χ3n) is 5.33. The summed E-state index contributed by atoms with van der Waals surface area (Å²) in [6.45, 7) is 4.01. The number of piperidine rings is 1. The summed E-state index contributed by atoms with van der Waals surface area (Å²) in [5.41, 5.74) is 2.40. The van der Waals surface area contributed by atoms with Crippen LogP contribution in [0.15, 0.2) is 53.4 Å². The Morgan fingerprint density at radius 2 is 1.69 bits per heavy atom. The van der Waals surface area contributed by atoms with Crippen molar-refractivity contribution in [2.24, 2.45) is 0 Å². The van der Waals surface area contributed by atoms with Crippen LogP contribution in [-0.4, -0.2) is 38.3 Å². The summed E-state index contributed by atoms with van der Waals surface area (Å²) in [4.78, 5) is 12.7. The second-order valence-electron chi connectivity index (χ2n) is 7.53. The zero-order valence-corrected chi connectivity index (χ0v) is 17.9. The number of rotatable bonds is 8. The molecule has 6 heteroatoms. The highest BCUT2D eigenvalue weighted by Crippen LogP contribution is 2.25. The Labute approximate surface area is 174 Å². The van der Waals surface area contributed by atoms with Crippen LogP contribution in [0.4, 0.5) is 0 Å². The molecule has 1 heterocycles. The van der Waals surface area contributed by atoms with Crippen LogP contribution in [0.3, 0.4) is 0 Å². The maximum Gasteiger partial charge on any atom is 0.251 e. The molecule has 156 valence electrons. The van der Waals surface area contributed by atoms with E-state index in [4.69, 9.17) is 0 Å². The standard InChI is InChI=1S/C23H30N2O3S/c1-2-3-5-15-24-23(26)21-10-8-9-20(18-21)19-11-13-22(14-12-19)29(27,28)25-16-6-4-7-17-25/h8-14,18H,2-7,15-17H2,1H3,(H,24,26). The number of benzene rings is 2. The molecule has 2 aromatic rings. The third kappa shape index (κ3) is 5.46. The lowest BCUT2D eigenvalue weighted by atomic mass is 10.0. The molecule has 29 heavy (non-hydrogen) atoms. The van der Waals surface area contributed by atoms with E-state index < -0.39 is 10.0 Å².